The molecule has 146 valence electrons. The number of benzene rings is 2. The van der Waals surface area contributed by atoms with Gasteiger partial charge in [-0.3, -0.25) is 4.79 Å². The molecule has 0 aliphatic carbocycles. The van der Waals surface area contributed by atoms with Gasteiger partial charge in [-0.15, -0.1) is 10.2 Å². The highest BCUT2D eigenvalue weighted by Gasteiger charge is 2.10. The van der Waals surface area contributed by atoms with Crippen LogP contribution in [0, 0.1) is 6.92 Å². The van der Waals surface area contributed by atoms with Gasteiger partial charge in [0, 0.05) is 23.4 Å². The summed E-state index contributed by atoms with van der Waals surface area (Å²) in [5.41, 5.74) is 2.73. The van der Waals surface area contributed by atoms with Crippen LogP contribution in [0.1, 0.15) is 21.7 Å². The third kappa shape index (κ3) is 4.08. The number of tetrazole rings is 2. The predicted molar refractivity (Wildman–Crippen MR) is 102 cm³/mol. The highest BCUT2D eigenvalue weighted by atomic mass is 16.5. The van der Waals surface area contributed by atoms with Gasteiger partial charge in [0.2, 0.25) is 0 Å². The second kappa shape index (κ2) is 7.84. The van der Waals surface area contributed by atoms with Gasteiger partial charge >= 0.3 is 0 Å². The Morgan fingerprint density at radius 3 is 2.59 bits per heavy atom. The van der Waals surface area contributed by atoms with Gasteiger partial charge < -0.3 is 10.1 Å². The van der Waals surface area contributed by atoms with Crippen molar-refractivity contribution in [3.8, 4) is 11.4 Å². The first-order valence-corrected chi connectivity index (χ1v) is 8.68. The van der Waals surface area contributed by atoms with Crippen molar-refractivity contribution >= 4 is 11.6 Å². The fraction of sp³-hybridized carbons (Fsp3) is 0.167. The largest absolute Gasteiger partial charge is 0.497 e. The van der Waals surface area contributed by atoms with Crippen LogP contribution in [0.4, 0.5) is 5.69 Å². The summed E-state index contributed by atoms with van der Waals surface area (Å²) in [6, 6.07) is 12.5. The average molecular weight is 391 g/mol. The molecule has 1 amide bonds. The number of ether oxygens (including phenoxy) is 1. The molecule has 0 unspecified atom stereocenters. The molecular weight excluding hydrogens is 374 g/mol. The lowest BCUT2D eigenvalue weighted by Crippen LogP contribution is -2.13. The molecule has 0 bridgehead atoms. The van der Waals surface area contributed by atoms with Crippen molar-refractivity contribution in [2.45, 2.75) is 13.5 Å². The Morgan fingerprint density at radius 1 is 1.10 bits per heavy atom. The number of nitrogens with zero attached hydrogens (tertiary/aromatic N) is 8. The van der Waals surface area contributed by atoms with E-state index >= 15 is 0 Å². The summed E-state index contributed by atoms with van der Waals surface area (Å²) >= 11 is 0. The molecule has 4 aromatic rings. The fourth-order valence-electron chi connectivity index (χ4n) is 2.72. The van der Waals surface area contributed by atoms with E-state index in [1.54, 1.807) is 42.1 Å². The van der Waals surface area contributed by atoms with E-state index in [-0.39, 0.29) is 5.91 Å². The van der Waals surface area contributed by atoms with Crippen LogP contribution in [-0.2, 0) is 6.54 Å². The first-order chi connectivity index (χ1) is 14.1. The Hall–Kier alpha value is -4.15. The van der Waals surface area contributed by atoms with E-state index in [1.807, 2.05) is 19.1 Å². The van der Waals surface area contributed by atoms with Gasteiger partial charge in [-0.2, -0.15) is 0 Å². The van der Waals surface area contributed by atoms with Crippen LogP contribution in [0.25, 0.3) is 5.69 Å². The smallest absolute Gasteiger partial charge is 0.255 e. The maximum absolute atomic E-state index is 12.7. The number of carbonyl (C=O) groups is 1. The zero-order valence-corrected chi connectivity index (χ0v) is 15.7. The molecule has 0 saturated carbocycles. The number of amides is 1. The summed E-state index contributed by atoms with van der Waals surface area (Å²) in [7, 11) is 1.55. The van der Waals surface area contributed by atoms with Crippen molar-refractivity contribution in [2.24, 2.45) is 0 Å². The molecule has 0 aliphatic rings. The molecule has 11 nitrogen and oxygen atoms in total. The molecule has 0 fully saturated rings. The van der Waals surface area contributed by atoms with Crippen LogP contribution in [0.3, 0.4) is 0 Å². The van der Waals surface area contributed by atoms with Gasteiger partial charge in [-0.1, -0.05) is 12.1 Å². The van der Waals surface area contributed by atoms with Crippen LogP contribution in [0.15, 0.2) is 48.8 Å². The van der Waals surface area contributed by atoms with E-state index in [1.165, 1.54) is 11.0 Å². The van der Waals surface area contributed by atoms with E-state index in [9.17, 15) is 4.79 Å². The summed E-state index contributed by atoms with van der Waals surface area (Å²) in [4.78, 5) is 12.7. The van der Waals surface area contributed by atoms with Crippen molar-refractivity contribution < 1.29 is 9.53 Å². The van der Waals surface area contributed by atoms with Gasteiger partial charge in [0.15, 0.2) is 0 Å². The summed E-state index contributed by atoms with van der Waals surface area (Å²) in [5, 5.41) is 25.4. The monoisotopic (exact) mass is 391 g/mol. The van der Waals surface area contributed by atoms with Crippen molar-refractivity contribution in [3.05, 3.63) is 65.7 Å². The lowest BCUT2D eigenvalue weighted by Gasteiger charge is -2.10. The zero-order valence-electron chi connectivity index (χ0n) is 15.7. The molecule has 2 aromatic heterocycles. The second-order valence-electron chi connectivity index (χ2n) is 6.21. The molecule has 2 heterocycles. The molecule has 2 aromatic carbocycles. The fourth-order valence-corrected chi connectivity index (χ4v) is 2.72. The number of carbonyl (C=O) groups excluding carboxylic acids is 1. The third-order valence-electron chi connectivity index (χ3n) is 4.26. The highest BCUT2D eigenvalue weighted by molar-refractivity contribution is 6.04. The van der Waals surface area contributed by atoms with Crippen LogP contribution in [0.2, 0.25) is 0 Å². The molecule has 0 radical (unpaired) electrons. The van der Waals surface area contributed by atoms with Crippen molar-refractivity contribution in [3.63, 3.8) is 0 Å². The number of nitrogens with one attached hydrogen (secondary N) is 1. The van der Waals surface area contributed by atoms with Crippen LogP contribution in [0.5, 0.6) is 5.75 Å². The Balaban J connectivity index is 1.50. The van der Waals surface area contributed by atoms with E-state index < -0.39 is 0 Å². The third-order valence-corrected chi connectivity index (χ3v) is 4.26. The molecule has 0 atom stereocenters. The van der Waals surface area contributed by atoms with Crippen molar-refractivity contribution in [1.29, 1.82) is 0 Å². The molecule has 11 heteroatoms. The summed E-state index contributed by atoms with van der Waals surface area (Å²) in [6.07, 6.45) is 1.46. The van der Waals surface area contributed by atoms with E-state index in [4.69, 9.17) is 4.74 Å². The van der Waals surface area contributed by atoms with Gasteiger partial charge in [0.05, 0.1) is 19.3 Å². The zero-order chi connectivity index (χ0) is 20.2. The van der Waals surface area contributed by atoms with Crippen molar-refractivity contribution in [2.75, 3.05) is 12.4 Å². The minimum Gasteiger partial charge on any atom is -0.497 e. The Kier molecular flexibility index (Phi) is 4.93. The highest BCUT2D eigenvalue weighted by Crippen LogP contribution is 2.23. The molecule has 0 spiro atoms. The summed E-state index contributed by atoms with van der Waals surface area (Å²) in [5.74, 6) is 1.05. The van der Waals surface area contributed by atoms with Gasteiger partial charge in [0.1, 0.15) is 17.9 Å². The quantitative estimate of drug-likeness (QED) is 0.521. The van der Waals surface area contributed by atoms with Gasteiger partial charge in [0.25, 0.3) is 5.91 Å². The average Bonchev–Trinajstić information content (AvgIpc) is 3.41. The Morgan fingerprint density at radius 2 is 1.93 bits per heavy atom. The van der Waals surface area contributed by atoms with Gasteiger partial charge in [-0.25, -0.2) is 9.36 Å². The summed E-state index contributed by atoms with van der Waals surface area (Å²) in [6.45, 7) is 2.37. The molecule has 0 aliphatic heterocycles. The SMILES string of the molecule is COc1cc(NC(=O)c2ccc(Cn3nnnc3C)cc2)cc(-n2cnnn2)c1. The lowest BCUT2D eigenvalue weighted by molar-refractivity contribution is 0.102. The van der Waals surface area contributed by atoms with Crippen LogP contribution in [-0.4, -0.2) is 53.4 Å². The summed E-state index contributed by atoms with van der Waals surface area (Å²) < 4.78 is 8.47. The number of rotatable bonds is 6. The minimum atomic E-state index is -0.244. The van der Waals surface area contributed by atoms with Crippen LogP contribution < -0.4 is 10.1 Å². The van der Waals surface area contributed by atoms with Crippen LogP contribution >= 0.6 is 0 Å². The standard InChI is InChI=1S/C18H17N9O2/c1-12-21-23-25-26(12)10-13-3-5-14(6-4-13)18(28)20-15-7-16(9-17(8-15)29-2)27-11-19-22-24-27/h3-9,11H,10H2,1-2H3,(H,20,28). The topological polar surface area (TPSA) is 126 Å². The second-order valence-corrected chi connectivity index (χ2v) is 6.21. The molecular formula is C18H17N9O2. The lowest BCUT2D eigenvalue weighted by atomic mass is 10.1. The number of aryl methyl sites for hydroxylation is 1. The predicted octanol–water partition coefficient (Wildman–Crippen LogP) is 1.27. The maximum Gasteiger partial charge on any atom is 0.255 e. The van der Waals surface area contributed by atoms with E-state index in [2.05, 4.69) is 36.4 Å². The number of methoxy groups -OCH3 is 1. The molecule has 1 N–H and O–H groups in total. The van der Waals surface area contributed by atoms with E-state index in [0.29, 0.717) is 29.2 Å². The number of hydrogen-bond donors (Lipinski definition) is 1. The molecule has 4 rings (SSSR count). The Labute approximate surface area is 165 Å². The Bertz CT molecular complexity index is 1120. The first kappa shape index (κ1) is 18.2. The number of aromatic nitrogens is 8. The normalized spacial score (nSPS) is 10.7. The minimum absolute atomic E-state index is 0.244. The molecule has 29 heavy (non-hydrogen) atoms. The molecule has 0 saturated heterocycles. The van der Waals surface area contributed by atoms with E-state index in [0.717, 1.165) is 11.4 Å². The maximum atomic E-state index is 12.7. The van der Waals surface area contributed by atoms with Gasteiger partial charge in [-0.05, 0) is 51.5 Å². The first-order valence-electron chi connectivity index (χ1n) is 8.68. The number of anilines is 1. The van der Waals surface area contributed by atoms with Crippen molar-refractivity contribution in [1.82, 2.24) is 40.4 Å². The number of hydrogen-bond acceptors (Lipinski definition) is 8.